The third-order valence-electron chi connectivity index (χ3n) is 3.17. The molecule has 18 heavy (non-hydrogen) atoms. The molecule has 4 heteroatoms. The third kappa shape index (κ3) is 3.61. The van der Waals surface area contributed by atoms with E-state index in [1.165, 1.54) is 0 Å². The lowest BCUT2D eigenvalue weighted by Gasteiger charge is -2.14. The van der Waals surface area contributed by atoms with Crippen LogP contribution in [0.15, 0.2) is 18.2 Å². The van der Waals surface area contributed by atoms with Gasteiger partial charge in [-0.1, -0.05) is 23.7 Å². The van der Waals surface area contributed by atoms with Gasteiger partial charge in [0, 0.05) is 13.0 Å². The van der Waals surface area contributed by atoms with Crippen molar-refractivity contribution in [2.75, 3.05) is 19.8 Å². The predicted molar refractivity (Wildman–Crippen MR) is 73.3 cm³/mol. The van der Waals surface area contributed by atoms with Crippen LogP contribution in [0.5, 0.6) is 5.75 Å². The van der Waals surface area contributed by atoms with Gasteiger partial charge in [0.05, 0.1) is 17.7 Å². The molecule has 1 aromatic carbocycles. The molecule has 2 rings (SSSR count). The van der Waals surface area contributed by atoms with Gasteiger partial charge in [-0.2, -0.15) is 0 Å². The Morgan fingerprint density at radius 3 is 3.06 bits per heavy atom. The van der Waals surface area contributed by atoms with Crippen molar-refractivity contribution in [3.8, 4) is 5.75 Å². The molecule has 1 saturated heterocycles. The van der Waals surface area contributed by atoms with E-state index in [-0.39, 0.29) is 0 Å². The first-order chi connectivity index (χ1) is 8.81. The summed E-state index contributed by atoms with van der Waals surface area (Å²) in [6, 6.07) is 5.80. The zero-order chi connectivity index (χ0) is 12.8. The van der Waals surface area contributed by atoms with Crippen molar-refractivity contribution in [1.82, 2.24) is 0 Å². The Morgan fingerprint density at radius 1 is 1.44 bits per heavy atom. The van der Waals surface area contributed by atoms with Gasteiger partial charge in [0.15, 0.2) is 0 Å². The second kappa shape index (κ2) is 6.98. The summed E-state index contributed by atoms with van der Waals surface area (Å²) in [4.78, 5) is 0. The second-order valence-electron chi connectivity index (χ2n) is 4.54. The number of rotatable bonds is 6. The van der Waals surface area contributed by atoms with E-state index < -0.39 is 0 Å². The molecule has 1 heterocycles. The highest BCUT2D eigenvalue weighted by Gasteiger charge is 2.16. The lowest BCUT2D eigenvalue weighted by atomic mass is 10.1. The minimum absolute atomic E-state index is 0.352. The van der Waals surface area contributed by atoms with Crippen LogP contribution in [0.3, 0.4) is 0 Å². The maximum Gasteiger partial charge on any atom is 0.141 e. The molecule has 0 radical (unpaired) electrons. The van der Waals surface area contributed by atoms with Crippen LogP contribution < -0.4 is 10.5 Å². The molecule has 3 nitrogen and oxygen atoms in total. The number of hydrogen-bond donors (Lipinski definition) is 1. The van der Waals surface area contributed by atoms with Crippen LogP contribution in [0.25, 0.3) is 0 Å². The van der Waals surface area contributed by atoms with Gasteiger partial charge in [-0.25, -0.2) is 0 Å². The average molecular weight is 270 g/mol. The molecular formula is C14H20ClNO2. The van der Waals surface area contributed by atoms with E-state index in [1.807, 2.05) is 18.2 Å². The quantitative estimate of drug-likeness (QED) is 0.864. The Morgan fingerprint density at radius 2 is 2.33 bits per heavy atom. The summed E-state index contributed by atoms with van der Waals surface area (Å²) in [5.41, 5.74) is 6.67. The smallest absolute Gasteiger partial charge is 0.141 e. The maximum atomic E-state index is 6.16. The summed E-state index contributed by atoms with van der Waals surface area (Å²) in [6.07, 6.45) is 4.37. The van der Waals surface area contributed by atoms with E-state index >= 15 is 0 Å². The predicted octanol–water partition coefficient (Wildman–Crippen LogP) is 2.79. The number of halogens is 1. The van der Waals surface area contributed by atoms with E-state index in [2.05, 4.69) is 0 Å². The summed E-state index contributed by atoms with van der Waals surface area (Å²) >= 11 is 6.16. The van der Waals surface area contributed by atoms with Gasteiger partial charge in [-0.3, -0.25) is 0 Å². The van der Waals surface area contributed by atoms with Gasteiger partial charge in [-0.05, 0) is 37.4 Å². The molecule has 1 atom stereocenters. The number of benzene rings is 1. The van der Waals surface area contributed by atoms with Crippen molar-refractivity contribution in [3.63, 3.8) is 0 Å². The molecule has 1 unspecified atom stereocenters. The molecule has 1 fully saturated rings. The van der Waals surface area contributed by atoms with Gasteiger partial charge >= 0.3 is 0 Å². The Hall–Kier alpha value is -0.770. The SMILES string of the molecule is NCCc1cccc(Cl)c1OCCC1CCCO1. The first-order valence-corrected chi connectivity index (χ1v) is 6.91. The van der Waals surface area contributed by atoms with Crippen LogP contribution in [0.2, 0.25) is 5.02 Å². The fourth-order valence-corrected chi connectivity index (χ4v) is 2.48. The second-order valence-corrected chi connectivity index (χ2v) is 4.95. The van der Waals surface area contributed by atoms with Crippen LogP contribution in [-0.4, -0.2) is 25.9 Å². The number of nitrogens with two attached hydrogens (primary N) is 1. The topological polar surface area (TPSA) is 44.5 Å². The standard InChI is InChI=1S/C14H20ClNO2/c15-13-5-1-3-11(6-8-16)14(13)18-10-7-12-4-2-9-17-12/h1,3,5,12H,2,4,6-10,16H2. The fraction of sp³-hybridized carbons (Fsp3) is 0.571. The molecule has 1 aliphatic heterocycles. The Balaban J connectivity index is 1.90. The normalized spacial score (nSPS) is 19.1. The van der Waals surface area contributed by atoms with Gasteiger partial charge < -0.3 is 15.2 Å². The first kappa shape index (κ1) is 13.7. The maximum absolute atomic E-state index is 6.16. The molecule has 0 spiro atoms. The average Bonchev–Trinajstić information content (AvgIpc) is 2.86. The van der Waals surface area contributed by atoms with Crippen LogP contribution in [0, 0.1) is 0 Å². The molecule has 0 aromatic heterocycles. The Kier molecular flexibility index (Phi) is 5.29. The first-order valence-electron chi connectivity index (χ1n) is 6.53. The Bertz CT molecular complexity index is 378. The summed E-state index contributed by atoms with van der Waals surface area (Å²) < 4.78 is 11.4. The monoisotopic (exact) mass is 269 g/mol. The summed E-state index contributed by atoms with van der Waals surface area (Å²) in [6.45, 7) is 2.13. The molecule has 100 valence electrons. The minimum Gasteiger partial charge on any atom is -0.492 e. The van der Waals surface area contributed by atoms with Crippen LogP contribution in [-0.2, 0) is 11.2 Å². The van der Waals surface area contributed by atoms with Crippen molar-refractivity contribution in [1.29, 1.82) is 0 Å². The van der Waals surface area contributed by atoms with E-state index in [1.54, 1.807) is 0 Å². The number of para-hydroxylation sites is 1. The molecule has 0 saturated carbocycles. The van der Waals surface area contributed by atoms with Gasteiger partial charge in [0.1, 0.15) is 5.75 Å². The molecule has 0 amide bonds. The molecule has 1 aromatic rings. The lowest BCUT2D eigenvalue weighted by Crippen LogP contribution is -2.12. The highest BCUT2D eigenvalue weighted by molar-refractivity contribution is 6.32. The molecular weight excluding hydrogens is 250 g/mol. The van der Waals surface area contributed by atoms with Crippen molar-refractivity contribution in [3.05, 3.63) is 28.8 Å². The largest absolute Gasteiger partial charge is 0.492 e. The van der Waals surface area contributed by atoms with Crippen molar-refractivity contribution < 1.29 is 9.47 Å². The molecule has 0 bridgehead atoms. The summed E-state index contributed by atoms with van der Waals surface area (Å²) in [5, 5.41) is 0.660. The van der Waals surface area contributed by atoms with Gasteiger partial charge in [-0.15, -0.1) is 0 Å². The highest BCUT2D eigenvalue weighted by Crippen LogP contribution is 2.29. The minimum atomic E-state index is 0.352. The third-order valence-corrected chi connectivity index (χ3v) is 3.47. The molecule has 1 aliphatic rings. The van der Waals surface area contributed by atoms with Crippen LogP contribution >= 0.6 is 11.6 Å². The lowest BCUT2D eigenvalue weighted by molar-refractivity contribution is 0.0902. The summed E-state index contributed by atoms with van der Waals surface area (Å²) in [7, 11) is 0. The van der Waals surface area contributed by atoms with Crippen molar-refractivity contribution >= 4 is 11.6 Å². The van der Waals surface area contributed by atoms with E-state index in [0.29, 0.717) is 24.3 Å². The molecule has 2 N–H and O–H groups in total. The number of ether oxygens (including phenoxy) is 2. The van der Waals surface area contributed by atoms with Gasteiger partial charge in [0.2, 0.25) is 0 Å². The summed E-state index contributed by atoms with van der Waals surface area (Å²) in [5.74, 6) is 0.780. The van der Waals surface area contributed by atoms with Crippen molar-refractivity contribution in [2.24, 2.45) is 5.73 Å². The van der Waals surface area contributed by atoms with E-state index in [4.69, 9.17) is 26.8 Å². The van der Waals surface area contributed by atoms with Crippen LogP contribution in [0.4, 0.5) is 0 Å². The molecule has 0 aliphatic carbocycles. The number of hydrogen-bond acceptors (Lipinski definition) is 3. The Labute approximate surface area is 113 Å². The highest BCUT2D eigenvalue weighted by atomic mass is 35.5. The van der Waals surface area contributed by atoms with E-state index in [0.717, 1.165) is 43.6 Å². The van der Waals surface area contributed by atoms with Crippen LogP contribution in [0.1, 0.15) is 24.8 Å². The van der Waals surface area contributed by atoms with E-state index in [9.17, 15) is 0 Å². The zero-order valence-corrected chi connectivity index (χ0v) is 11.3. The van der Waals surface area contributed by atoms with Gasteiger partial charge in [0.25, 0.3) is 0 Å². The fourth-order valence-electron chi connectivity index (χ4n) is 2.23. The van der Waals surface area contributed by atoms with Crippen molar-refractivity contribution in [2.45, 2.75) is 31.8 Å². The zero-order valence-electron chi connectivity index (χ0n) is 10.5.